The average Bonchev–Trinajstić information content (AvgIpc) is 2.46. The summed E-state index contributed by atoms with van der Waals surface area (Å²) in [5.74, 6) is -0.129. The van der Waals surface area contributed by atoms with E-state index in [1.807, 2.05) is 0 Å². The number of amides is 1. The Bertz CT molecular complexity index is 579. The van der Waals surface area contributed by atoms with Gasteiger partial charge in [0.25, 0.3) is 15.0 Å². The Hall–Kier alpha value is -1.11. The van der Waals surface area contributed by atoms with Crippen LogP contribution in [0.5, 0.6) is 0 Å². The molecule has 0 bridgehead atoms. The number of benzene rings is 1. The van der Waals surface area contributed by atoms with Crippen molar-refractivity contribution in [3.05, 3.63) is 29.8 Å². The molecule has 1 aromatic rings. The van der Waals surface area contributed by atoms with E-state index < -0.39 is 9.05 Å². The molecule has 1 fully saturated rings. The minimum atomic E-state index is -3.76. The van der Waals surface area contributed by atoms with Crippen molar-refractivity contribution in [2.24, 2.45) is 0 Å². The van der Waals surface area contributed by atoms with E-state index in [0.717, 1.165) is 12.8 Å². The first-order valence-corrected chi connectivity index (χ1v) is 8.60. The zero-order chi connectivity index (χ0) is 14.8. The van der Waals surface area contributed by atoms with E-state index in [2.05, 4.69) is 0 Å². The second-order valence-electron chi connectivity index (χ2n) is 4.72. The lowest BCUT2D eigenvalue weighted by atomic mass is 10.1. The lowest BCUT2D eigenvalue weighted by Crippen LogP contribution is -2.40. The standard InChI is InChI=1S/C13H16ClNO4S/c1-15(11-6-8-19-9-7-11)13(16)10-2-4-12(5-3-10)20(14,17)18/h2-5,11H,6-9H2,1H3. The molecule has 0 saturated carbocycles. The molecule has 0 unspecified atom stereocenters. The predicted molar refractivity (Wildman–Crippen MR) is 75.4 cm³/mol. The summed E-state index contributed by atoms with van der Waals surface area (Å²) >= 11 is 0. The van der Waals surface area contributed by atoms with Crippen LogP contribution in [0.1, 0.15) is 23.2 Å². The molecule has 0 aromatic heterocycles. The van der Waals surface area contributed by atoms with Crippen LogP contribution >= 0.6 is 10.7 Å². The second-order valence-corrected chi connectivity index (χ2v) is 7.29. The first-order chi connectivity index (χ1) is 9.39. The largest absolute Gasteiger partial charge is 0.381 e. The summed E-state index contributed by atoms with van der Waals surface area (Å²) in [6.45, 7) is 1.32. The van der Waals surface area contributed by atoms with Gasteiger partial charge in [0.1, 0.15) is 0 Å². The summed E-state index contributed by atoms with van der Waals surface area (Å²) in [7, 11) is 3.24. The van der Waals surface area contributed by atoms with E-state index in [1.54, 1.807) is 11.9 Å². The first kappa shape index (κ1) is 15.3. The molecule has 0 atom stereocenters. The molecule has 110 valence electrons. The van der Waals surface area contributed by atoms with Crippen LogP contribution in [0.3, 0.4) is 0 Å². The molecule has 1 aromatic carbocycles. The fourth-order valence-corrected chi connectivity index (χ4v) is 2.97. The number of carbonyl (C=O) groups excluding carboxylic acids is 1. The Labute approximate surface area is 122 Å². The summed E-state index contributed by atoms with van der Waals surface area (Å²) in [5.41, 5.74) is 0.447. The highest BCUT2D eigenvalue weighted by Gasteiger charge is 2.23. The Morgan fingerprint density at radius 3 is 2.30 bits per heavy atom. The first-order valence-electron chi connectivity index (χ1n) is 6.29. The molecule has 7 heteroatoms. The van der Waals surface area contributed by atoms with Crippen LogP contribution in [-0.2, 0) is 13.8 Å². The topological polar surface area (TPSA) is 63.7 Å². The van der Waals surface area contributed by atoms with Gasteiger partial charge in [0.05, 0.1) is 4.90 Å². The number of rotatable bonds is 3. The Morgan fingerprint density at radius 2 is 1.80 bits per heavy atom. The molecule has 1 amide bonds. The smallest absolute Gasteiger partial charge is 0.261 e. The van der Waals surface area contributed by atoms with Gasteiger partial charge in [-0.3, -0.25) is 4.79 Å². The van der Waals surface area contributed by atoms with E-state index in [9.17, 15) is 13.2 Å². The van der Waals surface area contributed by atoms with Crippen molar-refractivity contribution < 1.29 is 17.9 Å². The summed E-state index contributed by atoms with van der Waals surface area (Å²) < 4.78 is 27.6. The Balaban J connectivity index is 2.12. The number of nitrogens with zero attached hydrogens (tertiary/aromatic N) is 1. The van der Waals surface area contributed by atoms with Crippen molar-refractivity contribution in [3.8, 4) is 0 Å². The monoisotopic (exact) mass is 317 g/mol. The number of halogens is 1. The Kier molecular flexibility index (Phi) is 4.67. The van der Waals surface area contributed by atoms with E-state index in [-0.39, 0.29) is 16.8 Å². The fraction of sp³-hybridized carbons (Fsp3) is 0.462. The molecule has 0 aliphatic carbocycles. The zero-order valence-corrected chi connectivity index (χ0v) is 12.7. The van der Waals surface area contributed by atoms with Gasteiger partial charge in [0.2, 0.25) is 0 Å². The van der Waals surface area contributed by atoms with E-state index in [4.69, 9.17) is 15.4 Å². The molecule has 0 radical (unpaired) electrons. The highest BCUT2D eigenvalue weighted by molar-refractivity contribution is 8.13. The number of hydrogen-bond acceptors (Lipinski definition) is 4. The quantitative estimate of drug-likeness (QED) is 0.798. The molecule has 1 aliphatic rings. The lowest BCUT2D eigenvalue weighted by Gasteiger charge is -2.31. The maximum absolute atomic E-state index is 12.3. The molecule has 20 heavy (non-hydrogen) atoms. The molecule has 1 heterocycles. The summed E-state index contributed by atoms with van der Waals surface area (Å²) in [6.07, 6.45) is 1.63. The van der Waals surface area contributed by atoms with Crippen LogP contribution in [0.15, 0.2) is 29.2 Å². The van der Waals surface area contributed by atoms with E-state index in [1.165, 1.54) is 24.3 Å². The van der Waals surface area contributed by atoms with Crippen LogP contribution in [0, 0.1) is 0 Å². The average molecular weight is 318 g/mol. The number of hydrogen-bond donors (Lipinski definition) is 0. The molecular weight excluding hydrogens is 302 g/mol. The lowest BCUT2D eigenvalue weighted by molar-refractivity contribution is 0.0362. The van der Waals surface area contributed by atoms with E-state index >= 15 is 0 Å². The van der Waals surface area contributed by atoms with Crippen molar-refractivity contribution in [1.82, 2.24) is 4.90 Å². The molecule has 0 spiro atoms. The highest BCUT2D eigenvalue weighted by atomic mass is 35.7. The van der Waals surface area contributed by atoms with Gasteiger partial charge >= 0.3 is 0 Å². The minimum absolute atomic E-state index is 0.00978. The third kappa shape index (κ3) is 3.50. The van der Waals surface area contributed by atoms with Gasteiger partial charge in [0, 0.05) is 42.5 Å². The van der Waals surface area contributed by atoms with Crippen molar-refractivity contribution in [2.45, 2.75) is 23.8 Å². The van der Waals surface area contributed by atoms with Gasteiger partial charge < -0.3 is 9.64 Å². The molecule has 1 saturated heterocycles. The summed E-state index contributed by atoms with van der Waals surface area (Å²) in [4.78, 5) is 14.0. The highest BCUT2D eigenvalue weighted by Crippen LogP contribution is 2.18. The van der Waals surface area contributed by atoms with Crippen LogP contribution in [-0.4, -0.2) is 45.5 Å². The maximum Gasteiger partial charge on any atom is 0.261 e. The van der Waals surface area contributed by atoms with Crippen molar-refractivity contribution in [3.63, 3.8) is 0 Å². The van der Waals surface area contributed by atoms with Gasteiger partial charge in [-0.1, -0.05) is 0 Å². The fourth-order valence-electron chi connectivity index (χ4n) is 2.20. The van der Waals surface area contributed by atoms with Crippen molar-refractivity contribution >= 4 is 25.6 Å². The van der Waals surface area contributed by atoms with Crippen molar-refractivity contribution in [2.75, 3.05) is 20.3 Å². The third-order valence-electron chi connectivity index (χ3n) is 3.44. The second kappa shape index (κ2) is 6.11. The number of ether oxygens (including phenoxy) is 1. The molecule has 2 rings (SSSR count). The summed E-state index contributed by atoms with van der Waals surface area (Å²) in [5, 5.41) is 0. The van der Waals surface area contributed by atoms with Crippen LogP contribution in [0.4, 0.5) is 0 Å². The van der Waals surface area contributed by atoms with Gasteiger partial charge in [0.15, 0.2) is 0 Å². The normalized spacial score (nSPS) is 16.9. The molecule has 5 nitrogen and oxygen atoms in total. The van der Waals surface area contributed by atoms with Crippen LogP contribution in [0.25, 0.3) is 0 Å². The van der Waals surface area contributed by atoms with Crippen molar-refractivity contribution in [1.29, 1.82) is 0 Å². The molecule has 0 N–H and O–H groups in total. The van der Waals surface area contributed by atoms with Gasteiger partial charge in [-0.25, -0.2) is 8.42 Å². The molecular formula is C13H16ClNO4S. The van der Waals surface area contributed by atoms with Gasteiger partial charge in [-0.2, -0.15) is 0 Å². The minimum Gasteiger partial charge on any atom is -0.381 e. The third-order valence-corrected chi connectivity index (χ3v) is 4.81. The van der Waals surface area contributed by atoms with Crippen LogP contribution < -0.4 is 0 Å². The summed E-state index contributed by atoms with van der Waals surface area (Å²) in [6, 6.07) is 5.80. The van der Waals surface area contributed by atoms with Gasteiger partial charge in [-0.05, 0) is 37.1 Å². The Morgan fingerprint density at radius 1 is 1.25 bits per heavy atom. The predicted octanol–water partition coefficient (Wildman–Crippen LogP) is 1.87. The SMILES string of the molecule is CN(C(=O)c1ccc(S(=O)(=O)Cl)cc1)C1CCOCC1. The van der Waals surface area contributed by atoms with E-state index in [0.29, 0.717) is 18.8 Å². The van der Waals surface area contributed by atoms with Crippen LogP contribution in [0.2, 0.25) is 0 Å². The zero-order valence-electron chi connectivity index (χ0n) is 11.1. The number of carbonyl (C=O) groups is 1. The van der Waals surface area contributed by atoms with Gasteiger partial charge in [-0.15, -0.1) is 0 Å². The molecule has 1 aliphatic heterocycles. The maximum atomic E-state index is 12.3.